The zero-order chi connectivity index (χ0) is 27.5. The number of phenolic OH excluding ortho intramolecular Hbond substituents is 2. The Kier molecular flexibility index (Phi) is 10.9. The first kappa shape index (κ1) is 29.1. The predicted molar refractivity (Wildman–Crippen MR) is 136 cm³/mol. The molecule has 0 heterocycles. The Morgan fingerprint density at radius 2 is 1.16 bits per heavy atom. The van der Waals surface area contributed by atoms with Gasteiger partial charge in [0.15, 0.2) is 0 Å². The molecule has 2 aromatic carbocycles. The van der Waals surface area contributed by atoms with Crippen molar-refractivity contribution in [1.29, 1.82) is 0 Å². The zero-order valence-corrected chi connectivity index (χ0v) is 20.8. The number of nitrogens with one attached hydrogen (secondary N) is 3. The standard InChI is InChI=1S/C26H34N4O7/c1-15(2)11-20(28-23(33)14-27)24(34)29-21(12-16-3-7-18(31)8-4-16)25(35)30-22(26(36)37)13-17-5-9-19(32)10-6-17/h3-10,15,20-22,31-32H,11-14,27H2,1-2H3,(H,28,33)(H,29,34)(H,30,35)(H,36,37). The molecular formula is C26H34N4O7. The lowest BCUT2D eigenvalue weighted by atomic mass is 10.00. The number of benzene rings is 2. The fourth-order valence-corrected chi connectivity index (χ4v) is 3.65. The second kappa shape index (κ2) is 13.8. The summed E-state index contributed by atoms with van der Waals surface area (Å²) in [6.45, 7) is 3.43. The molecule has 11 nitrogen and oxygen atoms in total. The molecule has 0 saturated carbocycles. The highest BCUT2D eigenvalue weighted by Gasteiger charge is 2.30. The lowest BCUT2D eigenvalue weighted by Crippen LogP contribution is -2.57. The summed E-state index contributed by atoms with van der Waals surface area (Å²) in [5.41, 5.74) is 6.55. The summed E-state index contributed by atoms with van der Waals surface area (Å²) in [7, 11) is 0. The second-order valence-corrected chi connectivity index (χ2v) is 9.16. The Morgan fingerprint density at radius 1 is 0.730 bits per heavy atom. The molecular weight excluding hydrogens is 480 g/mol. The predicted octanol–water partition coefficient (Wildman–Crippen LogP) is 0.427. The highest BCUT2D eigenvalue weighted by Crippen LogP contribution is 2.14. The maximum Gasteiger partial charge on any atom is 0.326 e. The minimum atomic E-state index is -1.31. The summed E-state index contributed by atoms with van der Waals surface area (Å²) < 4.78 is 0. The molecule has 2 aromatic rings. The molecule has 0 aromatic heterocycles. The SMILES string of the molecule is CC(C)CC(NC(=O)CN)C(=O)NC(Cc1ccc(O)cc1)C(=O)NC(Cc1ccc(O)cc1)C(=O)O. The quantitative estimate of drug-likeness (QED) is 0.200. The van der Waals surface area contributed by atoms with Crippen molar-refractivity contribution < 1.29 is 34.5 Å². The van der Waals surface area contributed by atoms with Gasteiger partial charge in [-0.1, -0.05) is 38.1 Å². The van der Waals surface area contributed by atoms with Gasteiger partial charge in [-0.05, 0) is 47.7 Å². The molecule has 3 amide bonds. The number of aromatic hydroxyl groups is 2. The van der Waals surface area contributed by atoms with Crippen molar-refractivity contribution in [3.8, 4) is 11.5 Å². The van der Waals surface area contributed by atoms with E-state index in [0.29, 0.717) is 17.5 Å². The van der Waals surface area contributed by atoms with E-state index in [1.54, 1.807) is 24.3 Å². The number of hydrogen-bond acceptors (Lipinski definition) is 7. The van der Waals surface area contributed by atoms with Gasteiger partial charge in [0, 0.05) is 12.8 Å². The van der Waals surface area contributed by atoms with Gasteiger partial charge in [-0.25, -0.2) is 4.79 Å². The Labute approximate surface area is 215 Å². The van der Waals surface area contributed by atoms with Crippen LogP contribution in [0, 0.1) is 5.92 Å². The topological polar surface area (TPSA) is 191 Å². The van der Waals surface area contributed by atoms with Crippen LogP contribution >= 0.6 is 0 Å². The van der Waals surface area contributed by atoms with Crippen molar-refractivity contribution in [2.45, 2.75) is 51.2 Å². The molecule has 0 aliphatic rings. The lowest BCUT2D eigenvalue weighted by Gasteiger charge is -2.25. The third kappa shape index (κ3) is 9.80. The number of aliphatic carboxylic acids is 1. The van der Waals surface area contributed by atoms with Crippen LogP contribution in [0.1, 0.15) is 31.4 Å². The minimum Gasteiger partial charge on any atom is -0.508 e. The summed E-state index contributed by atoms with van der Waals surface area (Å²) >= 11 is 0. The van der Waals surface area contributed by atoms with Gasteiger partial charge in [-0.3, -0.25) is 14.4 Å². The van der Waals surface area contributed by atoms with E-state index in [2.05, 4.69) is 16.0 Å². The molecule has 8 N–H and O–H groups in total. The van der Waals surface area contributed by atoms with Gasteiger partial charge in [-0.2, -0.15) is 0 Å². The smallest absolute Gasteiger partial charge is 0.326 e. The third-order valence-electron chi connectivity index (χ3n) is 5.54. The van der Waals surface area contributed by atoms with Crippen LogP contribution in [0.4, 0.5) is 0 Å². The summed E-state index contributed by atoms with van der Waals surface area (Å²) in [5, 5.41) is 36.4. The Morgan fingerprint density at radius 3 is 1.59 bits per heavy atom. The van der Waals surface area contributed by atoms with Crippen molar-refractivity contribution in [1.82, 2.24) is 16.0 Å². The van der Waals surface area contributed by atoms with Gasteiger partial charge in [0.05, 0.1) is 6.54 Å². The van der Waals surface area contributed by atoms with Crippen LogP contribution in [0.15, 0.2) is 48.5 Å². The number of hydrogen-bond donors (Lipinski definition) is 7. The molecule has 3 unspecified atom stereocenters. The van der Waals surface area contributed by atoms with Crippen LogP contribution in [0.25, 0.3) is 0 Å². The largest absolute Gasteiger partial charge is 0.508 e. The van der Waals surface area contributed by atoms with Crippen molar-refractivity contribution in [2.24, 2.45) is 11.7 Å². The second-order valence-electron chi connectivity index (χ2n) is 9.16. The monoisotopic (exact) mass is 514 g/mol. The first-order valence-electron chi connectivity index (χ1n) is 11.9. The molecule has 0 bridgehead atoms. The molecule has 200 valence electrons. The number of nitrogens with two attached hydrogens (primary N) is 1. The van der Waals surface area contributed by atoms with E-state index in [9.17, 15) is 34.5 Å². The van der Waals surface area contributed by atoms with Crippen molar-refractivity contribution >= 4 is 23.7 Å². The average Bonchev–Trinajstić information content (AvgIpc) is 2.84. The van der Waals surface area contributed by atoms with Crippen molar-refractivity contribution in [2.75, 3.05) is 6.54 Å². The van der Waals surface area contributed by atoms with E-state index in [0.717, 1.165) is 0 Å². The Hall–Kier alpha value is -4.12. The lowest BCUT2D eigenvalue weighted by molar-refractivity contribution is -0.142. The van der Waals surface area contributed by atoms with Crippen LogP contribution in [-0.2, 0) is 32.0 Å². The molecule has 3 atom stereocenters. The normalized spacial score (nSPS) is 13.3. The number of rotatable bonds is 13. The van der Waals surface area contributed by atoms with Crippen LogP contribution < -0.4 is 21.7 Å². The fraction of sp³-hybridized carbons (Fsp3) is 0.385. The first-order valence-corrected chi connectivity index (χ1v) is 11.9. The molecule has 0 aliphatic carbocycles. The molecule has 0 fully saturated rings. The summed E-state index contributed by atoms with van der Waals surface area (Å²) in [6.07, 6.45) is 0.246. The molecule has 2 rings (SSSR count). The molecule has 0 radical (unpaired) electrons. The highest BCUT2D eigenvalue weighted by molar-refractivity contribution is 5.93. The number of carbonyl (C=O) groups is 4. The minimum absolute atomic E-state index is 0.00261. The van der Waals surface area contributed by atoms with E-state index in [1.807, 2.05) is 13.8 Å². The maximum atomic E-state index is 13.2. The number of carboxylic acids is 1. The van der Waals surface area contributed by atoms with E-state index >= 15 is 0 Å². The van der Waals surface area contributed by atoms with Crippen LogP contribution in [0.2, 0.25) is 0 Å². The van der Waals surface area contributed by atoms with E-state index in [-0.39, 0.29) is 36.8 Å². The first-order chi connectivity index (χ1) is 17.5. The summed E-state index contributed by atoms with van der Waals surface area (Å²) in [6, 6.07) is 8.50. The van der Waals surface area contributed by atoms with Gasteiger partial charge in [0.25, 0.3) is 0 Å². The summed E-state index contributed by atoms with van der Waals surface area (Å²) in [4.78, 5) is 50.1. The molecule has 37 heavy (non-hydrogen) atoms. The van der Waals surface area contributed by atoms with E-state index < -0.39 is 41.8 Å². The zero-order valence-electron chi connectivity index (χ0n) is 20.8. The third-order valence-corrected chi connectivity index (χ3v) is 5.54. The van der Waals surface area contributed by atoms with Crippen molar-refractivity contribution in [3.63, 3.8) is 0 Å². The molecule has 0 spiro atoms. The van der Waals surface area contributed by atoms with Crippen LogP contribution in [0.5, 0.6) is 11.5 Å². The van der Waals surface area contributed by atoms with Gasteiger partial charge in [0.2, 0.25) is 17.7 Å². The molecule has 11 heteroatoms. The molecule has 0 saturated heterocycles. The highest BCUT2D eigenvalue weighted by atomic mass is 16.4. The van der Waals surface area contributed by atoms with E-state index in [1.165, 1.54) is 24.3 Å². The number of amides is 3. The van der Waals surface area contributed by atoms with Gasteiger partial charge in [0.1, 0.15) is 29.6 Å². The van der Waals surface area contributed by atoms with Crippen LogP contribution in [0.3, 0.4) is 0 Å². The van der Waals surface area contributed by atoms with Crippen molar-refractivity contribution in [3.05, 3.63) is 59.7 Å². The number of phenols is 2. The van der Waals surface area contributed by atoms with E-state index in [4.69, 9.17) is 5.73 Å². The Balaban J connectivity index is 2.26. The number of carboxylic acid groups (broad SMARTS) is 1. The average molecular weight is 515 g/mol. The van der Waals surface area contributed by atoms with Gasteiger partial charge < -0.3 is 37.0 Å². The fourth-order valence-electron chi connectivity index (χ4n) is 3.65. The maximum absolute atomic E-state index is 13.2. The summed E-state index contributed by atoms with van der Waals surface area (Å²) in [5.74, 6) is -3.06. The Bertz CT molecular complexity index is 1070. The van der Waals surface area contributed by atoms with Crippen LogP contribution in [-0.4, -0.2) is 63.7 Å². The van der Waals surface area contributed by atoms with Gasteiger partial charge in [-0.15, -0.1) is 0 Å². The van der Waals surface area contributed by atoms with Gasteiger partial charge >= 0.3 is 5.97 Å². The number of carbonyl (C=O) groups excluding carboxylic acids is 3. The molecule has 0 aliphatic heterocycles.